The highest BCUT2D eigenvalue weighted by Gasteiger charge is 2.17. The summed E-state index contributed by atoms with van der Waals surface area (Å²) in [6, 6.07) is 5.48. The molecule has 1 aromatic carbocycles. The highest BCUT2D eigenvalue weighted by Crippen LogP contribution is 2.21. The zero-order valence-corrected chi connectivity index (χ0v) is 14.3. The van der Waals surface area contributed by atoms with Gasteiger partial charge < -0.3 is 10.1 Å². The SMILES string of the molecule is CCNC(CCC1CCCCO1)Cc1cc(Br)ccc1F. The monoisotopic (exact) mass is 357 g/mol. The van der Waals surface area contributed by atoms with E-state index in [1.54, 1.807) is 6.07 Å². The van der Waals surface area contributed by atoms with E-state index in [2.05, 4.69) is 28.2 Å². The summed E-state index contributed by atoms with van der Waals surface area (Å²) < 4.78 is 20.6. The van der Waals surface area contributed by atoms with Gasteiger partial charge in [-0.05, 0) is 68.8 Å². The van der Waals surface area contributed by atoms with Crippen LogP contribution in [0.3, 0.4) is 0 Å². The Morgan fingerprint density at radius 3 is 3.00 bits per heavy atom. The Bertz CT molecular complexity index is 435. The molecule has 21 heavy (non-hydrogen) atoms. The second-order valence-electron chi connectivity index (χ2n) is 5.76. The molecule has 2 nitrogen and oxygen atoms in total. The van der Waals surface area contributed by atoms with E-state index in [4.69, 9.17) is 4.74 Å². The third-order valence-electron chi connectivity index (χ3n) is 4.08. The molecule has 0 amide bonds. The molecule has 2 unspecified atom stereocenters. The molecule has 1 aliphatic heterocycles. The second kappa shape index (κ2) is 8.86. The molecule has 1 fully saturated rings. The van der Waals surface area contributed by atoms with Crippen molar-refractivity contribution < 1.29 is 9.13 Å². The zero-order chi connectivity index (χ0) is 15.1. The normalized spacial score (nSPS) is 20.4. The maximum absolute atomic E-state index is 13.9. The minimum absolute atomic E-state index is 0.116. The van der Waals surface area contributed by atoms with Crippen molar-refractivity contribution in [1.29, 1.82) is 0 Å². The van der Waals surface area contributed by atoms with Gasteiger partial charge in [-0.25, -0.2) is 4.39 Å². The van der Waals surface area contributed by atoms with Gasteiger partial charge >= 0.3 is 0 Å². The standard InChI is InChI=1S/C17H25BrFNO/c1-2-20-15(7-8-16-5-3-4-10-21-16)12-13-11-14(18)6-9-17(13)19/h6,9,11,15-16,20H,2-5,7-8,10,12H2,1H3. The van der Waals surface area contributed by atoms with Gasteiger partial charge in [-0.2, -0.15) is 0 Å². The molecular formula is C17H25BrFNO. The summed E-state index contributed by atoms with van der Waals surface area (Å²) in [7, 11) is 0. The van der Waals surface area contributed by atoms with Gasteiger partial charge in [0.15, 0.2) is 0 Å². The Morgan fingerprint density at radius 1 is 1.43 bits per heavy atom. The number of rotatable bonds is 7. The molecule has 1 aliphatic rings. The van der Waals surface area contributed by atoms with Gasteiger partial charge in [-0.3, -0.25) is 0 Å². The quantitative estimate of drug-likeness (QED) is 0.777. The van der Waals surface area contributed by atoms with Crippen molar-refractivity contribution >= 4 is 15.9 Å². The molecule has 2 atom stereocenters. The van der Waals surface area contributed by atoms with Crippen molar-refractivity contribution in [2.24, 2.45) is 0 Å². The maximum atomic E-state index is 13.9. The van der Waals surface area contributed by atoms with Gasteiger partial charge in [0.2, 0.25) is 0 Å². The summed E-state index contributed by atoms with van der Waals surface area (Å²) in [4.78, 5) is 0. The van der Waals surface area contributed by atoms with Gasteiger partial charge in [0.1, 0.15) is 5.82 Å². The fourth-order valence-corrected chi connectivity index (χ4v) is 3.36. The molecule has 1 heterocycles. The average molecular weight is 358 g/mol. The van der Waals surface area contributed by atoms with Crippen LogP contribution >= 0.6 is 15.9 Å². The predicted octanol–water partition coefficient (Wildman–Crippen LogP) is 4.46. The smallest absolute Gasteiger partial charge is 0.126 e. The number of nitrogens with one attached hydrogen (secondary N) is 1. The van der Waals surface area contributed by atoms with E-state index in [9.17, 15) is 4.39 Å². The molecule has 1 saturated heterocycles. The van der Waals surface area contributed by atoms with Crippen molar-refractivity contribution in [2.75, 3.05) is 13.2 Å². The summed E-state index contributed by atoms with van der Waals surface area (Å²) in [5, 5.41) is 3.48. The highest BCUT2D eigenvalue weighted by atomic mass is 79.9. The van der Waals surface area contributed by atoms with E-state index in [1.165, 1.54) is 25.3 Å². The van der Waals surface area contributed by atoms with E-state index < -0.39 is 0 Å². The molecule has 4 heteroatoms. The number of likely N-dealkylation sites (N-methyl/N-ethyl adjacent to an activating group) is 1. The molecule has 2 rings (SSSR count). The molecular weight excluding hydrogens is 333 g/mol. The van der Waals surface area contributed by atoms with Gasteiger partial charge in [-0.15, -0.1) is 0 Å². The maximum Gasteiger partial charge on any atom is 0.126 e. The minimum Gasteiger partial charge on any atom is -0.378 e. The summed E-state index contributed by atoms with van der Waals surface area (Å²) in [5.41, 5.74) is 0.778. The van der Waals surface area contributed by atoms with E-state index in [-0.39, 0.29) is 5.82 Å². The lowest BCUT2D eigenvalue weighted by Crippen LogP contribution is -2.33. The Morgan fingerprint density at radius 2 is 2.29 bits per heavy atom. The van der Waals surface area contributed by atoms with E-state index >= 15 is 0 Å². The Kier molecular flexibility index (Phi) is 7.14. The van der Waals surface area contributed by atoms with Crippen LogP contribution in [-0.2, 0) is 11.2 Å². The summed E-state index contributed by atoms with van der Waals surface area (Å²) in [5.74, 6) is -0.116. The Balaban J connectivity index is 1.89. The van der Waals surface area contributed by atoms with Crippen LogP contribution < -0.4 is 5.32 Å². The van der Waals surface area contributed by atoms with Crippen LogP contribution in [0.25, 0.3) is 0 Å². The molecule has 0 aliphatic carbocycles. The summed E-state index contributed by atoms with van der Waals surface area (Å²) in [6.45, 7) is 3.91. The molecule has 1 N–H and O–H groups in total. The molecule has 0 bridgehead atoms. The summed E-state index contributed by atoms with van der Waals surface area (Å²) in [6.07, 6.45) is 6.85. The van der Waals surface area contributed by atoms with Crippen molar-refractivity contribution in [3.05, 3.63) is 34.1 Å². The number of halogens is 2. The molecule has 1 aromatic rings. The van der Waals surface area contributed by atoms with Gasteiger partial charge in [-0.1, -0.05) is 22.9 Å². The van der Waals surface area contributed by atoms with Crippen LogP contribution in [0.15, 0.2) is 22.7 Å². The summed E-state index contributed by atoms with van der Waals surface area (Å²) >= 11 is 3.42. The zero-order valence-electron chi connectivity index (χ0n) is 12.7. The number of hydrogen-bond donors (Lipinski definition) is 1. The Hall–Kier alpha value is -0.450. The first kappa shape index (κ1) is 16.9. The first-order chi connectivity index (χ1) is 10.2. The second-order valence-corrected chi connectivity index (χ2v) is 6.68. The number of benzene rings is 1. The van der Waals surface area contributed by atoms with E-state index in [0.29, 0.717) is 12.1 Å². The fraction of sp³-hybridized carbons (Fsp3) is 0.647. The Labute approximate surface area is 135 Å². The van der Waals surface area contributed by atoms with Crippen LogP contribution in [0.4, 0.5) is 4.39 Å². The van der Waals surface area contributed by atoms with Crippen LogP contribution in [0.5, 0.6) is 0 Å². The van der Waals surface area contributed by atoms with Crippen molar-refractivity contribution in [3.63, 3.8) is 0 Å². The molecule has 0 spiro atoms. The number of hydrogen-bond acceptors (Lipinski definition) is 2. The van der Waals surface area contributed by atoms with Gasteiger partial charge in [0.05, 0.1) is 6.10 Å². The van der Waals surface area contributed by atoms with Crippen molar-refractivity contribution in [3.8, 4) is 0 Å². The average Bonchev–Trinajstić information content (AvgIpc) is 2.50. The van der Waals surface area contributed by atoms with Crippen molar-refractivity contribution in [1.82, 2.24) is 5.32 Å². The fourth-order valence-electron chi connectivity index (χ4n) is 2.95. The highest BCUT2D eigenvalue weighted by molar-refractivity contribution is 9.10. The molecule has 0 radical (unpaired) electrons. The van der Waals surface area contributed by atoms with Crippen LogP contribution in [0.1, 0.15) is 44.6 Å². The van der Waals surface area contributed by atoms with E-state index in [0.717, 1.165) is 42.5 Å². The lowest BCUT2D eigenvalue weighted by Gasteiger charge is -2.25. The molecule has 0 saturated carbocycles. The minimum atomic E-state index is -0.116. The third-order valence-corrected chi connectivity index (χ3v) is 4.57. The first-order valence-corrected chi connectivity index (χ1v) is 8.77. The number of ether oxygens (including phenoxy) is 1. The third kappa shape index (κ3) is 5.68. The predicted molar refractivity (Wildman–Crippen MR) is 88.1 cm³/mol. The lowest BCUT2D eigenvalue weighted by atomic mass is 9.97. The molecule has 118 valence electrons. The van der Waals surface area contributed by atoms with E-state index in [1.807, 2.05) is 6.07 Å². The largest absolute Gasteiger partial charge is 0.378 e. The van der Waals surface area contributed by atoms with Gasteiger partial charge in [0, 0.05) is 17.1 Å². The van der Waals surface area contributed by atoms with Crippen LogP contribution in [0, 0.1) is 5.82 Å². The van der Waals surface area contributed by atoms with Gasteiger partial charge in [0.25, 0.3) is 0 Å². The first-order valence-electron chi connectivity index (χ1n) is 7.98. The lowest BCUT2D eigenvalue weighted by molar-refractivity contribution is 0.00860. The van der Waals surface area contributed by atoms with Crippen LogP contribution in [-0.4, -0.2) is 25.3 Å². The topological polar surface area (TPSA) is 21.3 Å². The molecule has 0 aromatic heterocycles. The van der Waals surface area contributed by atoms with Crippen LogP contribution in [0.2, 0.25) is 0 Å². The van der Waals surface area contributed by atoms with Crippen molar-refractivity contribution in [2.45, 2.75) is 57.6 Å².